The van der Waals surface area contributed by atoms with Crippen molar-refractivity contribution in [3.05, 3.63) is 27.6 Å². The van der Waals surface area contributed by atoms with Gasteiger partial charge in [-0.2, -0.15) is 0 Å². The van der Waals surface area contributed by atoms with Crippen molar-refractivity contribution < 1.29 is 10.0 Å². The normalized spacial score (nSPS) is 10.6. The topological polar surface area (TPSA) is 89.4 Å². The summed E-state index contributed by atoms with van der Waals surface area (Å²) in [6, 6.07) is 2.49. The molecule has 0 fully saturated rings. The molecule has 0 bridgehead atoms. The van der Waals surface area contributed by atoms with Crippen LogP contribution in [-0.2, 0) is 0 Å². The Hall–Kier alpha value is -1.82. The number of nitrogens with two attached hydrogens (primary N) is 1. The molecule has 5 nitrogen and oxygen atoms in total. The van der Waals surface area contributed by atoms with Crippen LogP contribution in [0.2, 0.25) is 0 Å². The lowest BCUT2D eigenvalue weighted by Crippen LogP contribution is -1.88. The second-order valence-corrected chi connectivity index (χ2v) is 3.67. The number of anilines is 1. The number of non-ortho nitro benzene ring substituents is 1. The van der Waals surface area contributed by atoms with E-state index in [-0.39, 0.29) is 11.4 Å². The highest BCUT2D eigenvalue weighted by Gasteiger charge is 2.13. The van der Waals surface area contributed by atoms with E-state index in [1.165, 1.54) is 17.4 Å². The summed E-state index contributed by atoms with van der Waals surface area (Å²) < 4.78 is 0.577. The van der Waals surface area contributed by atoms with Crippen molar-refractivity contribution in [2.24, 2.45) is 0 Å². The Morgan fingerprint density at radius 2 is 2.21 bits per heavy atom. The molecule has 1 aromatic carbocycles. The number of thiophene rings is 1. The molecule has 6 heteroatoms. The van der Waals surface area contributed by atoms with Crippen LogP contribution >= 0.6 is 11.3 Å². The zero-order valence-corrected chi connectivity index (χ0v) is 7.75. The summed E-state index contributed by atoms with van der Waals surface area (Å²) in [5.41, 5.74) is 5.89. The summed E-state index contributed by atoms with van der Waals surface area (Å²) in [4.78, 5) is 9.93. The highest BCUT2D eigenvalue weighted by atomic mass is 32.1. The molecule has 2 aromatic rings. The Morgan fingerprint density at radius 3 is 2.86 bits per heavy atom. The summed E-state index contributed by atoms with van der Waals surface area (Å²) in [6.07, 6.45) is 0. The maximum absolute atomic E-state index is 10.5. The van der Waals surface area contributed by atoms with Crippen LogP contribution in [0.3, 0.4) is 0 Å². The van der Waals surface area contributed by atoms with E-state index in [0.29, 0.717) is 15.8 Å². The first kappa shape index (κ1) is 8.76. The molecule has 72 valence electrons. The van der Waals surface area contributed by atoms with Crippen molar-refractivity contribution in [1.82, 2.24) is 0 Å². The summed E-state index contributed by atoms with van der Waals surface area (Å²) in [6.45, 7) is 0. The first-order chi connectivity index (χ1) is 6.59. The van der Waals surface area contributed by atoms with Crippen molar-refractivity contribution in [3.63, 3.8) is 0 Å². The maximum Gasteiger partial charge on any atom is 0.273 e. The second kappa shape index (κ2) is 2.85. The van der Waals surface area contributed by atoms with E-state index in [2.05, 4.69) is 0 Å². The van der Waals surface area contributed by atoms with Crippen LogP contribution in [0.1, 0.15) is 0 Å². The van der Waals surface area contributed by atoms with Gasteiger partial charge in [0.2, 0.25) is 0 Å². The smallest absolute Gasteiger partial charge is 0.273 e. The molecule has 0 radical (unpaired) electrons. The highest BCUT2D eigenvalue weighted by Crippen LogP contribution is 2.37. The van der Waals surface area contributed by atoms with E-state index >= 15 is 0 Å². The molecular formula is C8H6N2O3S. The molecule has 0 aliphatic heterocycles. The lowest BCUT2D eigenvalue weighted by Gasteiger charge is -1.96. The van der Waals surface area contributed by atoms with Gasteiger partial charge in [-0.05, 0) is 0 Å². The number of benzene rings is 1. The third kappa shape index (κ3) is 1.16. The molecule has 0 unspecified atom stereocenters. The number of nitro benzene ring substituents is 1. The average molecular weight is 210 g/mol. The van der Waals surface area contributed by atoms with Crippen LogP contribution in [0.5, 0.6) is 5.75 Å². The van der Waals surface area contributed by atoms with Crippen molar-refractivity contribution in [2.75, 3.05) is 5.73 Å². The molecule has 0 spiro atoms. The largest absolute Gasteiger partial charge is 0.506 e. The van der Waals surface area contributed by atoms with Gasteiger partial charge in [0.05, 0.1) is 21.4 Å². The van der Waals surface area contributed by atoms with Gasteiger partial charge in [-0.3, -0.25) is 10.1 Å². The van der Waals surface area contributed by atoms with Gasteiger partial charge in [-0.25, -0.2) is 0 Å². The monoisotopic (exact) mass is 210 g/mol. The number of hydrogen-bond donors (Lipinski definition) is 2. The summed E-state index contributed by atoms with van der Waals surface area (Å²) >= 11 is 1.26. The molecule has 14 heavy (non-hydrogen) atoms. The number of rotatable bonds is 1. The molecule has 0 atom stereocenters. The lowest BCUT2D eigenvalue weighted by atomic mass is 10.2. The van der Waals surface area contributed by atoms with E-state index in [4.69, 9.17) is 5.73 Å². The fourth-order valence-corrected chi connectivity index (χ4v) is 2.08. The van der Waals surface area contributed by atoms with Crippen LogP contribution in [0.15, 0.2) is 17.5 Å². The Bertz CT molecular complexity index is 521. The number of nitrogens with zero attached hydrogens (tertiary/aromatic N) is 1. The van der Waals surface area contributed by atoms with Gasteiger partial charge in [-0.15, -0.1) is 11.3 Å². The van der Waals surface area contributed by atoms with Crippen molar-refractivity contribution in [1.29, 1.82) is 0 Å². The number of hydrogen-bond acceptors (Lipinski definition) is 5. The van der Waals surface area contributed by atoms with Gasteiger partial charge in [-0.1, -0.05) is 0 Å². The number of aromatic hydroxyl groups is 1. The maximum atomic E-state index is 10.5. The second-order valence-electron chi connectivity index (χ2n) is 2.79. The minimum absolute atomic E-state index is 0.101. The molecule has 1 aromatic heterocycles. The fraction of sp³-hybridized carbons (Fsp3) is 0. The first-order valence-corrected chi connectivity index (χ1v) is 4.61. The van der Waals surface area contributed by atoms with E-state index in [1.54, 1.807) is 5.38 Å². The average Bonchev–Trinajstić information content (AvgIpc) is 2.48. The number of phenolic OH excluding ortho intramolecular Hbond substituents is 1. The van der Waals surface area contributed by atoms with Crippen molar-refractivity contribution >= 4 is 32.8 Å². The molecule has 0 aliphatic carbocycles. The van der Waals surface area contributed by atoms with Crippen molar-refractivity contribution in [2.45, 2.75) is 0 Å². The predicted octanol–water partition coefficient (Wildman–Crippen LogP) is 2.10. The van der Waals surface area contributed by atoms with Gasteiger partial charge in [0, 0.05) is 16.8 Å². The number of fused-ring (bicyclic) bond motifs is 1. The van der Waals surface area contributed by atoms with Gasteiger partial charge < -0.3 is 10.8 Å². The number of nitro groups is 1. The quantitative estimate of drug-likeness (QED) is 0.557. The Kier molecular flexibility index (Phi) is 1.78. The van der Waals surface area contributed by atoms with Gasteiger partial charge in [0.15, 0.2) is 0 Å². The fourth-order valence-electron chi connectivity index (χ4n) is 1.23. The SMILES string of the molecule is Nc1csc2c(O)cc([N+](=O)[O-])cc12. The van der Waals surface area contributed by atoms with E-state index in [0.717, 1.165) is 6.07 Å². The van der Waals surface area contributed by atoms with E-state index < -0.39 is 4.92 Å². The minimum Gasteiger partial charge on any atom is -0.506 e. The van der Waals surface area contributed by atoms with E-state index in [9.17, 15) is 15.2 Å². The van der Waals surface area contributed by atoms with Crippen LogP contribution in [0.25, 0.3) is 10.1 Å². The standard InChI is InChI=1S/C8H6N2O3S/c9-6-3-14-8-5(6)1-4(10(12)13)2-7(8)11/h1-3,11H,9H2. The Balaban J connectivity index is 2.82. The molecule has 2 rings (SSSR count). The molecule has 0 saturated carbocycles. The molecule has 0 amide bonds. The highest BCUT2D eigenvalue weighted by molar-refractivity contribution is 7.18. The summed E-state index contributed by atoms with van der Waals surface area (Å²) in [7, 11) is 0. The minimum atomic E-state index is -0.559. The van der Waals surface area contributed by atoms with Crippen LogP contribution in [0, 0.1) is 10.1 Å². The Labute approximate surface area is 82.5 Å². The van der Waals surface area contributed by atoms with Crippen LogP contribution in [-0.4, -0.2) is 10.0 Å². The lowest BCUT2D eigenvalue weighted by molar-refractivity contribution is -0.384. The number of phenols is 1. The van der Waals surface area contributed by atoms with Gasteiger partial charge >= 0.3 is 0 Å². The first-order valence-electron chi connectivity index (χ1n) is 3.73. The van der Waals surface area contributed by atoms with Crippen molar-refractivity contribution in [3.8, 4) is 5.75 Å². The zero-order valence-electron chi connectivity index (χ0n) is 6.93. The molecule has 1 heterocycles. The summed E-state index contributed by atoms with van der Waals surface area (Å²) in [5, 5.41) is 22.1. The van der Waals surface area contributed by atoms with Gasteiger partial charge in [0.25, 0.3) is 5.69 Å². The summed E-state index contributed by atoms with van der Waals surface area (Å²) in [5.74, 6) is -0.101. The van der Waals surface area contributed by atoms with Crippen LogP contribution in [0.4, 0.5) is 11.4 Å². The number of nitrogen functional groups attached to an aromatic ring is 1. The molecule has 0 aliphatic rings. The molecular weight excluding hydrogens is 204 g/mol. The predicted molar refractivity (Wildman–Crippen MR) is 54.6 cm³/mol. The van der Waals surface area contributed by atoms with Gasteiger partial charge in [0.1, 0.15) is 5.75 Å². The zero-order chi connectivity index (χ0) is 10.3. The third-order valence-electron chi connectivity index (χ3n) is 1.88. The molecule has 0 saturated heterocycles. The Morgan fingerprint density at radius 1 is 1.50 bits per heavy atom. The molecule has 3 N–H and O–H groups in total. The van der Waals surface area contributed by atoms with Crippen LogP contribution < -0.4 is 5.73 Å². The third-order valence-corrected chi connectivity index (χ3v) is 2.92. The van der Waals surface area contributed by atoms with E-state index in [1.807, 2.05) is 0 Å².